The lowest BCUT2D eigenvalue weighted by Crippen LogP contribution is -2.41. The number of hydrogen-bond donors (Lipinski definition) is 1. The van der Waals surface area contributed by atoms with Gasteiger partial charge < -0.3 is 10.1 Å². The first-order valence-corrected chi connectivity index (χ1v) is 8.02. The molecule has 0 bridgehead atoms. The van der Waals surface area contributed by atoms with Crippen LogP contribution < -0.4 is 5.32 Å². The maximum absolute atomic E-state index is 5.55. The first-order chi connectivity index (χ1) is 9.78. The molecule has 0 aromatic carbocycles. The van der Waals surface area contributed by atoms with Gasteiger partial charge in [-0.05, 0) is 19.4 Å². The molecule has 20 heavy (non-hydrogen) atoms. The molecule has 2 unspecified atom stereocenters. The van der Waals surface area contributed by atoms with E-state index in [9.17, 15) is 0 Å². The van der Waals surface area contributed by atoms with E-state index < -0.39 is 0 Å². The van der Waals surface area contributed by atoms with E-state index in [4.69, 9.17) is 4.74 Å². The summed E-state index contributed by atoms with van der Waals surface area (Å²) in [5.41, 5.74) is 0. The van der Waals surface area contributed by atoms with Crippen LogP contribution in [0.25, 0.3) is 0 Å². The number of aryl methyl sites for hydroxylation is 2. The van der Waals surface area contributed by atoms with E-state index in [0.29, 0.717) is 12.0 Å². The van der Waals surface area contributed by atoms with Crippen molar-refractivity contribution in [3.05, 3.63) is 11.6 Å². The summed E-state index contributed by atoms with van der Waals surface area (Å²) in [5, 5.41) is 8.31. The van der Waals surface area contributed by atoms with Gasteiger partial charge in [0.05, 0.1) is 13.2 Å². The Labute approximate surface area is 122 Å². The van der Waals surface area contributed by atoms with Gasteiger partial charge >= 0.3 is 0 Å². The molecule has 5 heteroatoms. The minimum absolute atomic E-state index is 0.439. The van der Waals surface area contributed by atoms with Crippen LogP contribution >= 0.6 is 0 Å². The molecular formula is C15H28N4O. The molecule has 0 amide bonds. The van der Waals surface area contributed by atoms with Gasteiger partial charge in [0.2, 0.25) is 0 Å². The van der Waals surface area contributed by atoms with E-state index in [0.717, 1.165) is 63.6 Å². The summed E-state index contributed by atoms with van der Waals surface area (Å²) in [6, 6.07) is 0.439. The van der Waals surface area contributed by atoms with Crippen molar-refractivity contribution in [2.45, 2.75) is 59.0 Å². The number of nitrogens with one attached hydrogen (secondary N) is 1. The Morgan fingerprint density at radius 1 is 1.35 bits per heavy atom. The highest BCUT2D eigenvalue weighted by Gasteiger charge is 2.26. The van der Waals surface area contributed by atoms with Crippen molar-refractivity contribution in [2.24, 2.45) is 5.92 Å². The molecule has 2 heterocycles. The summed E-state index contributed by atoms with van der Waals surface area (Å²) in [7, 11) is 0. The van der Waals surface area contributed by atoms with Gasteiger partial charge in [-0.1, -0.05) is 20.8 Å². The van der Waals surface area contributed by atoms with Crippen LogP contribution in [-0.4, -0.2) is 40.6 Å². The van der Waals surface area contributed by atoms with Gasteiger partial charge in [-0.15, -0.1) is 0 Å². The molecule has 1 aliphatic rings. The zero-order chi connectivity index (χ0) is 14.4. The third-order valence-electron chi connectivity index (χ3n) is 3.98. The lowest BCUT2D eigenvalue weighted by molar-refractivity contribution is 0.172. The zero-order valence-electron chi connectivity index (χ0n) is 13.1. The van der Waals surface area contributed by atoms with E-state index in [-0.39, 0.29) is 0 Å². The van der Waals surface area contributed by atoms with Crippen molar-refractivity contribution in [2.75, 3.05) is 19.8 Å². The van der Waals surface area contributed by atoms with Gasteiger partial charge in [0.1, 0.15) is 5.82 Å². The normalized spacial score (nSPS) is 20.4. The molecule has 1 fully saturated rings. The summed E-state index contributed by atoms with van der Waals surface area (Å²) < 4.78 is 7.66. The van der Waals surface area contributed by atoms with Gasteiger partial charge in [0.25, 0.3) is 0 Å². The van der Waals surface area contributed by atoms with Gasteiger partial charge in [-0.2, -0.15) is 5.10 Å². The van der Waals surface area contributed by atoms with Gasteiger partial charge in [-0.3, -0.25) is 0 Å². The second kappa shape index (κ2) is 7.74. The van der Waals surface area contributed by atoms with Gasteiger partial charge in [-0.25, -0.2) is 9.67 Å². The SMILES string of the molecule is CCCNC(Cn1nc(CC)nc1CC)C1CCOC1. The average Bonchev–Trinajstić information content (AvgIpc) is 3.12. The van der Waals surface area contributed by atoms with E-state index >= 15 is 0 Å². The third kappa shape index (κ3) is 3.79. The van der Waals surface area contributed by atoms with Crippen LogP contribution in [0.15, 0.2) is 0 Å². The van der Waals surface area contributed by atoms with Crippen molar-refractivity contribution in [3.63, 3.8) is 0 Å². The smallest absolute Gasteiger partial charge is 0.150 e. The number of rotatable bonds is 8. The van der Waals surface area contributed by atoms with Gasteiger partial charge in [0, 0.05) is 31.4 Å². The fraction of sp³-hybridized carbons (Fsp3) is 0.867. The van der Waals surface area contributed by atoms with Crippen molar-refractivity contribution in [3.8, 4) is 0 Å². The Kier molecular flexibility index (Phi) is 5.98. The average molecular weight is 280 g/mol. The Morgan fingerprint density at radius 3 is 2.80 bits per heavy atom. The number of hydrogen-bond acceptors (Lipinski definition) is 4. The number of aromatic nitrogens is 3. The van der Waals surface area contributed by atoms with E-state index in [1.54, 1.807) is 0 Å². The maximum atomic E-state index is 5.55. The van der Waals surface area contributed by atoms with Crippen molar-refractivity contribution >= 4 is 0 Å². The third-order valence-corrected chi connectivity index (χ3v) is 3.98. The topological polar surface area (TPSA) is 52.0 Å². The molecule has 2 rings (SSSR count). The molecule has 114 valence electrons. The molecular weight excluding hydrogens is 252 g/mol. The lowest BCUT2D eigenvalue weighted by Gasteiger charge is -2.24. The zero-order valence-corrected chi connectivity index (χ0v) is 13.1. The molecule has 0 aliphatic carbocycles. The van der Waals surface area contributed by atoms with E-state index in [1.807, 2.05) is 0 Å². The molecule has 1 aromatic heterocycles. The molecule has 1 aromatic rings. The van der Waals surface area contributed by atoms with Gasteiger partial charge in [0.15, 0.2) is 5.82 Å². The van der Waals surface area contributed by atoms with Crippen LogP contribution in [0.4, 0.5) is 0 Å². The minimum atomic E-state index is 0.439. The summed E-state index contributed by atoms with van der Waals surface area (Å²) in [4.78, 5) is 4.60. The Hall–Kier alpha value is -0.940. The molecule has 1 N–H and O–H groups in total. The Balaban J connectivity index is 2.07. The lowest BCUT2D eigenvalue weighted by atomic mass is 9.99. The highest BCUT2D eigenvalue weighted by molar-refractivity contribution is 4.94. The molecule has 5 nitrogen and oxygen atoms in total. The quantitative estimate of drug-likeness (QED) is 0.789. The Bertz CT molecular complexity index is 399. The first-order valence-electron chi connectivity index (χ1n) is 8.02. The molecule has 1 aliphatic heterocycles. The monoisotopic (exact) mass is 280 g/mol. The predicted molar refractivity (Wildman–Crippen MR) is 79.8 cm³/mol. The van der Waals surface area contributed by atoms with Crippen molar-refractivity contribution in [1.82, 2.24) is 20.1 Å². The molecule has 0 saturated carbocycles. The summed E-state index contributed by atoms with van der Waals surface area (Å²) in [6.07, 6.45) is 4.15. The second-order valence-corrected chi connectivity index (χ2v) is 5.52. The number of nitrogens with zero attached hydrogens (tertiary/aromatic N) is 3. The minimum Gasteiger partial charge on any atom is -0.381 e. The van der Waals surface area contributed by atoms with E-state index in [2.05, 4.69) is 40.9 Å². The predicted octanol–water partition coefficient (Wildman–Crippen LogP) is 1.81. The fourth-order valence-corrected chi connectivity index (χ4v) is 2.75. The van der Waals surface area contributed by atoms with Crippen LogP contribution in [0, 0.1) is 5.92 Å². The first kappa shape index (κ1) is 15.4. The largest absolute Gasteiger partial charge is 0.381 e. The summed E-state index contributed by atoms with van der Waals surface area (Å²) in [5.74, 6) is 2.66. The molecule has 0 spiro atoms. The Morgan fingerprint density at radius 2 is 2.20 bits per heavy atom. The van der Waals surface area contributed by atoms with Crippen molar-refractivity contribution in [1.29, 1.82) is 0 Å². The van der Waals surface area contributed by atoms with E-state index in [1.165, 1.54) is 0 Å². The highest BCUT2D eigenvalue weighted by atomic mass is 16.5. The maximum Gasteiger partial charge on any atom is 0.150 e. The van der Waals surface area contributed by atoms with Crippen LogP contribution in [0.2, 0.25) is 0 Å². The molecule has 2 atom stereocenters. The van der Waals surface area contributed by atoms with Crippen LogP contribution in [-0.2, 0) is 24.1 Å². The van der Waals surface area contributed by atoms with Crippen LogP contribution in [0.1, 0.15) is 45.3 Å². The highest BCUT2D eigenvalue weighted by Crippen LogP contribution is 2.18. The second-order valence-electron chi connectivity index (χ2n) is 5.52. The molecule has 1 saturated heterocycles. The summed E-state index contributed by atoms with van der Waals surface area (Å²) in [6.45, 7) is 10.2. The fourth-order valence-electron chi connectivity index (χ4n) is 2.75. The molecule has 0 radical (unpaired) electrons. The number of ether oxygens (including phenoxy) is 1. The van der Waals surface area contributed by atoms with Crippen LogP contribution in [0.5, 0.6) is 0 Å². The summed E-state index contributed by atoms with van der Waals surface area (Å²) >= 11 is 0. The van der Waals surface area contributed by atoms with Crippen LogP contribution in [0.3, 0.4) is 0 Å². The van der Waals surface area contributed by atoms with Crippen molar-refractivity contribution < 1.29 is 4.74 Å². The standard InChI is InChI=1S/C15H28N4O/c1-4-8-16-13(12-7-9-20-11-12)10-19-15(6-3)17-14(5-2)18-19/h12-13,16H,4-11H2,1-3H3.